The predicted molar refractivity (Wildman–Crippen MR) is 53.9 cm³/mol. The molecule has 0 radical (unpaired) electrons. The number of hydrogen-bond donors (Lipinski definition) is 2. The van der Waals surface area contributed by atoms with Crippen molar-refractivity contribution in [1.82, 2.24) is 14.9 Å². The molecule has 0 aliphatic carbocycles. The summed E-state index contributed by atoms with van der Waals surface area (Å²) < 4.78 is 4.55. The molecule has 0 aromatic carbocycles. The molecule has 16 heavy (non-hydrogen) atoms. The van der Waals surface area contributed by atoms with Crippen LogP contribution in [-0.2, 0) is 16.0 Å². The summed E-state index contributed by atoms with van der Waals surface area (Å²) in [6.07, 6.45) is 2.01. The third-order valence-corrected chi connectivity index (χ3v) is 2.21. The maximum Gasteiger partial charge on any atom is 0.407 e. The number of rotatable bonds is 4. The summed E-state index contributed by atoms with van der Waals surface area (Å²) in [5, 5.41) is 8.82. The fourth-order valence-corrected chi connectivity index (χ4v) is 1.25. The molecule has 0 aliphatic rings. The summed E-state index contributed by atoms with van der Waals surface area (Å²) in [6.45, 7) is 0. The van der Waals surface area contributed by atoms with Gasteiger partial charge in [0.25, 0.3) is 0 Å². The number of aromatic nitrogens is 2. The van der Waals surface area contributed by atoms with Crippen molar-refractivity contribution in [1.29, 1.82) is 0 Å². The first-order chi connectivity index (χ1) is 7.56. The molecular formula is C9H13N3O4. The zero-order valence-electron chi connectivity index (χ0n) is 9.01. The number of imidazole rings is 1. The van der Waals surface area contributed by atoms with Crippen LogP contribution in [0.5, 0.6) is 0 Å². The van der Waals surface area contributed by atoms with Gasteiger partial charge in [-0.2, -0.15) is 0 Å². The Balaban J connectivity index is 2.79. The van der Waals surface area contributed by atoms with Gasteiger partial charge in [0.1, 0.15) is 6.04 Å². The number of nitrogens with zero attached hydrogens (tertiary/aromatic N) is 2. The second kappa shape index (κ2) is 5.15. The molecule has 1 rings (SSSR count). The highest BCUT2D eigenvalue weighted by Gasteiger charge is 2.28. The number of aromatic amines is 1. The Morgan fingerprint density at radius 1 is 1.69 bits per heavy atom. The van der Waals surface area contributed by atoms with Crippen LogP contribution in [0.2, 0.25) is 0 Å². The Morgan fingerprint density at radius 2 is 2.38 bits per heavy atom. The molecule has 88 valence electrons. The molecule has 2 N–H and O–H groups in total. The predicted octanol–water partition coefficient (Wildman–Crippen LogP) is 0.104. The number of H-pyrrole nitrogens is 1. The van der Waals surface area contributed by atoms with Gasteiger partial charge in [-0.3, -0.25) is 4.90 Å². The molecule has 0 spiro atoms. The van der Waals surface area contributed by atoms with Crippen molar-refractivity contribution in [2.75, 3.05) is 14.2 Å². The van der Waals surface area contributed by atoms with Gasteiger partial charge in [0.15, 0.2) is 0 Å². The van der Waals surface area contributed by atoms with E-state index in [4.69, 9.17) is 5.11 Å². The van der Waals surface area contributed by atoms with Crippen LogP contribution in [0.4, 0.5) is 4.79 Å². The maximum atomic E-state index is 11.4. The van der Waals surface area contributed by atoms with Gasteiger partial charge in [0.05, 0.1) is 13.4 Å². The normalized spacial score (nSPS) is 11.9. The number of methoxy groups -OCH3 is 1. The van der Waals surface area contributed by atoms with Crippen LogP contribution in [0.1, 0.15) is 5.69 Å². The molecule has 1 atom stereocenters. The van der Waals surface area contributed by atoms with Crippen LogP contribution in [0.15, 0.2) is 12.5 Å². The Labute approximate surface area is 92.0 Å². The van der Waals surface area contributed by atoms with E-state index < -0.39 is 18.1 Å². The molecule has 1 amide bonds. The first-order valence-electron chi connectivity index (χ1n) is 4.57. The van der Waals surface area contributed by atoms with Crippen LogP contribution in [0.3, 0.4) is 0 Å². The number of esters is 1. The SMILES string of the molecule is COC(=O)[C@H](Cc1cnc[nH]1)N(C)C(=O)O. The Kier molecular flexibility index (Phi) is 3.87. The molecule has 0 saturated carbocycles. The lowest BCUT2D eigenvalue weighted by Gasteiger charge is -2.22. The monoisotopic (exact) mass is 227 g/mol. The molecule has 0 aliphatic heterocycles. The van der Waals surface area contributed by atoms with Crippen LogP contribution < -0.4 is 0 Å². The van der Waals surface area contributed by atoms with Crippen molar-refractivity contribution >= 4 is 12.1 Å². The summed E-state index contributed by atoms with van der Waals surface area (Å²) in [4.78, 5) is 29.7. The van der Waals surface area contributed by atoms with Crippen molar-refractivity contribution in [3.8, 4) is 0 Å². The summed E-state index contributed by atoms with van der Waals surface area (Å²) in [5.41, 5.74) is 0.670. The van der Waals surface area contributed by atoms with Crippen molar-refractivity contribution < 1.29 is 19.4 Å². The molecule has 0 unspecified atom stereocenters. The quantitative estimate of drug-likeness (QED) is 0.711. The molecule has 7 nitrogen and oxygen atoms in total. The Hall–Kier alpha value is -2.05. The zero-order valence-corrected chi connectivity index (χ0v) is 9.01. The number of ether oxygens (including phenoxy) is 1. The van der Waals surface area contributed by atoms with Gasteiger partial charge >= 0.3 is 12.1 Å². The van der Waals surface area contributed by atoms with Crippen LogP contribution >= 0.6 is 0 Å². The van der Waals surface area contributed by atoms with Gasteiger partial charge in [-0.25, -0.2) is 14.6 Å². The van der Waals surface area contributed by atoms with E-state index in [0.717, 1.165) is 4.90 Å². The largest absolute Gasteiger partial charge is 0.467 e. The fraction of sp³-hybridized carbons (Fsp3) is 0.444. The third-order valence-electron chi connectivity index (χ3n) is 2.21. The van der Waals surface area contributed by atoms with Crippen molar-refractivity contribution in [3.05, 3.63) is 18.2 Å². The van der Waals surface area contributed by atoms with E-state index in [1.165, 1.54) is 26.7 Å². The zero-order chi connectivity index (χ0) is 12.1. The Bertz CT molecular complexity index is 363. The molecule has 1 heterocycles. The van der Waals surface area contributed by atoms with E-state index >= 15 is 0 Å². The molecule has 0 fully saturated rings. The second-order valence-corrected chi connectivity index (χ2v) is 3.21. The summed E-state index contributed by atoms with van der Waals surface area (Å²) in [7, 11) is 2.54. The Morgan fingerprint density at radius 3 is 2.81 bits per heavy atom. The lowest BCUT2D eigenvalue weighted by Crippen LogP contribution is -2.43. The average Bonchev–Trinajstić information content (AvgIpc) is 2.76. The summed E-state index contributed by atoms with van der Waals surface area (Å²) >= 11 is 0. The fourth-order valence-electron chi connectivity index (χ4n) is 1.25. The number of carbonyl (C=O) groups excluding carboxylic acids is 1. The van der Waals surface area contributed by atoms with Crippen LogP contribution in [-0.4, -0.2) is 52.2 Å². The molecule has 1 aromatic heterocycles. The van der Waals surface area contributed by atoms with E-state index in [-0.39, 0.29) is 6.42 Å². The number of likely N-dealkylation sites (N-methyl/N-ethyl adjacent to an activating group) is 1. The molecule has 0 saturated heterocycles. The van der Waals surface area contributed by atoms with Crippen LogP contribution in [0, 0.1) is 0 Å². The number of nitrogens with one attached hydrogen (secondary N) is 1. The van der Waals surface area contributed by atoms with E-state index in [1.54, 1.807) is 0 Å². The summed E-state index contributed by atoms with van der Waals surface area (Å²) in [6, 6.07) is -0.872. The highest BCUT2D eigenvalue weighted by atomic mass is 16.5. The number of hydrogen-bond acceptors (Lipinski definition) is 4. The van der Waals surface area contributed by atoms with Gasteiger partial charge in [0.2, 0.25) is 0 Å². The highest BCUT2D eigenvalue weighted by molar-refractivity contribution is 5.80. The first kappa shape index (κ1) is 12.0. The smallest absolute Gasteiger partial charge is 0.407 e. The minimum atomic E-state index is -1.19. The van der Waals surface area contributed by atoms with Crippen molar-refractivity contribution in [3.63, 3.8) is 0 Å². The summed E-state index contributed by atoms with van der Waals surface area (Å²) in [5.74, 6) is -0.598. The van der Waals surface area contributed by atoms with Crippen molar-refractivity contribution in [2.24, 2.45) is 0 Å². The average molecular weight is 227 g/mol. The van der Waals surface area contributed by atoms with E-state index in [9.17, 15) is 9.59 Å². The standard InChI is InChI=1S/C9H13N3O4/c1-12(9(14)15)7(8(13)16-2)3-6-4-10-5-11-6/h4-5,7H,3H2,1-2H3,(H,10,11)(H,14,15)/t7-/m0/s1. The molecule has 0 bridgehead atoms. The van der Waals surface area contributed by atoms with E-state index in [1.807, 2.05) is 0 Å². The van der Waals surface area contributed by atoms with Gasteiger partial charge in [0, 0.05) is 25.4 Å². The highest BCUT2D eigenvalue weighted by Crippen LogP contribution is 2.07. The molecule has 7 heteroatoms. The van der Waals surface area contributed by atoms with Gasteiger partial charge < -0.3 is 14.8 Å². The van der Waals surface area contributed by atoms with E-state index in [2.05, 4.69) is 14.7 Å². The number of carboxylic acid groups (broad SMARTS) is 1. The third kappa shape index (κ3) is 2.72. The van der Waals surface area contributed by atoms with E-state index in [0.29, 0.717) is 5.69 Å². The van der Waals surface area contributed by atoms with Crippen molar-refractivity contribution in [2.45, 2.75) is 12.5 Å². The minimum Gasteiger partial charge on any atom is -0.467 e. The maximum absolute atomic E-state index is 11.4. The van der Waals surface area contributed by atoms with Gasteiger partial charge in [-0.1, -0.05) is 0 Å². The molecular weight excluding hydrogens is 214 g/mol. The number of amides is 1. The van der Waals surface area contributed by atoms with Gasteiger partial charge in [-0.05, 0) is 0 Å². The lowest BCUT2D eigenvalue weighted by molar-refractivity contribution is -0.145. The number of carbonyl (C=O) groups is 2. The minimum absolute atomic E-state index is 0.204. The lowest BCUT2D eigenvalue weighted by atomic mass is 10.1. The second-order valence-electron chi connectivity index (χ2n) is 3.21. The van der Waals surface area contributed by atoms with Crippen LogP contribution in [0.25, 0.3) is 0 Å². The first-order valence-corrected chi connectivity index (χ1v) is 4.57. The van der Waals surface area contributed by atoms with Gasteiger partial charge in [-0.15, -0.1) is 0 Å². The topological polar surface area (TPSA) is 95.5 Å². The molecule has 1 aromatic rings.